The lowest BCUT2D eigenvalue weighted by atomic mass is 9.80. The molecule has 1 fully saturated rings. The molecule has 0 spiro atoms. The highest BCUT2D eigenvalue weighted by molar-refractivity contribution is 7.44. The van der Waals surface area contributed by atoms with Crippen LogP contribution in [0.4, 0.5) is 5.82 Å². The third-order valence-electron chi connectivity index (χ3n) is 10.7. The minimum absolute atomic E-state index is 0.0159. The van der Waals surface area contributed by atoms with Crippen molar-refractivity contribution in [1.82, 2.24) is 24.2 Å². The van der Waals surface area contributed by atoms with Gasteiger partial charge in [-0.3, -0.25) is 9.36 Å². The summed E-state index contributed by atoms with van der Waals surface area (Å²) in [5, 5.41) is 24.8. The Kier molecular flexibility index (Phi) is 14.8. The number of aliphatic hydroxyl groups excluding tert-OH is 1. The third kappa shape index (κ3) is 9.73. The highest BCUT2D eigenvalue weighted by atomic mass is 31.2. The van der Waals surface area contributed by atoms with Crippen molar-refractivity contribution in [3.8, 4) is 17.6 Å². The number of carbonyl (C=O) groups is 1. The first-order chi connectivity index (χ1) is 30.6. The van der Waals surface area contributed by atoms with Gasteiger partial charge in [-0.05, 0) is 80.8 Å². The summed E-state index contributed by atoms with van der Waals surface area (Å²) in [6.07, 6.45) is -1.37. The van der Waals surface area contributed by atoms with Gasteiger partial charge in [0, 0.05) is 17.6 Å². The minimum atomic E-state index is -1.85. The molecule has 16 heteroatoms. The third-order valence-corrected chi connectivity index (χ3v) is 12.9. The number of ether oxygens (including phenoxy) is 4. The molecule has 1 amide bonds. The van der Waals surface area contributed by atoms with Gasteiger partial charge in [0.2, 0.25) is 0 Å². The number of carbonyl (C=O) groups excluding carboxylic acids is 1. The summed E-state index contributed by atoms with van der Waals surface area (Å²) in [5.41, 5.74) is 2.29. The van der Waals surface area contributed by atoms with Crippen LogP contribution in [0.15, 0.2) is 122 Å². The van der Waals surface area contributed by atoms with E-state index >= 15 is 0 Å². The summed E-state index contributed by atoms with van der Waals surface area (Å²) in [6.45, 7) is 8.21. The molecule has 3 heterocycles. The fourth-order valence-electron chi connectivity index (χ4n) is 7.79. The van der Waals surface area contributed by atoms with E-state index in [4.69, 9.17) is 28.0 Å². The predicted octanol–water partition coefficient (Wildman–Crippen LogP) is 8.02. The Morgan fingerprint density at radius 2 is 1.46 bits per heavy atom. The maximum atomic E-state index is 13.2. The number of rotatable bonds is 19. The molecule has 1 unspecified atom stereocenters. The number of imidazole rings is 1. The Morgan fingerprint density at radius 3 is 2.03 bits per heavy atom. The molecule has 2 N–H and O–H groups in total. The smallest absolute Gasteiger partial charge is 0.259 e. The van der Waals surface area contributed by atoms with Gasteiger partial charge in [-0.2, -0.15) is 5.26 Å². The zero-order chi connectivity index (χ0) is 44.5. The molecule has 5 atom stereocenters. The van der Waals surface area contributed by atoms with Gasteiger partial charge in [-0.25, -0.2) is 19.6 Å². The van der Waals surface area contributed by atoms with Crippen LogP contribution in [-0.2, 0) is 24.1 Å². The van der Waals surface area contributed by atoms with Crippen LogP contribution in [0.5, 0.6) is 11.5 Å². The summed E-state index contributed by atoms with van der Waals surface area (Å²) in [5.74, 6) is 1.18. The van der Waals surface area contributed by atoms with Gasteiger partial charge in [0.1, 0.15) is 41.7 Å². The average molecular weight is 874 g/mol. The van der Waals surface area contributed by atoms with E-state index in [1.165, 1.54) is 12.7 Å². The molecule has 1 saturated heterocycles. The largest absolute Gasteiger partial charge is 0.497 e. The van der Waals surface area contributed by atoms with E-state index in [0.717, 1.165) is 16.7 Å². The zero-order valence-corrected chi connectivity index (χ0v) is 37.0. The van der Waals surface area contributed by atoms with Gasteiger partial charge in [0.25, 0.3) is 14.4 Å². The van der Waals surface area contributed by atoms with Crippen LogP contribution in [0.25, 0.3) is 11.2 Å². The van der Waals surface area contributed by atoms with Crippen molar-refractivity contribution < 1.29 is 37.9 Å². The van der Waals surface area contributed by atoms with Crippen LogP contribution in [-0.4, -0.2) is 93.0 Å². The maximum Gasteiger partial charge on any atom is 0.259 e. The second-order valence-corrected chi connectivity index (χ2v) is 16.8. The van der Waals surface area contributed by atoms with Gasteiger partial charge in [0.15, 0.2) is 23.2 Å². The molecule has 1 aliphatic rings. The first kappa shape index (κ1) is 45.2. The van der Waals surface area contributed by atoms with Gasteiger partial charge >= 0.3 is 0 Å². The molecule has 0 saturated carbocycles. The van der Waals surface area contributed by atoms with Crippen molar-refractivity contribution >= 4 is 31.4 Å². The quantitative estimate of drug-likeness (QED) is 0.0455. The number of hydrogen-bond donors (Lipinski definition) is 2. The van der Waals surface area contributed by atoms with Crippen LogP contribution >= 0.6 is 8.53 Å². The van der Waals surface area contributed by atoms with E-state index in [-0.39, 0.29) is 43.4 Å². The number of aromatic nitrogens is 4. The van der Waals surface area contributed by atoms with Crippen molar-refractivity contribution in [1.29, 1.82) is 5.26 Å². The average Bonchev–Trinajstić information content (AvgIpc) is 3.87. The van der Waals surface area contributed by atoms with E-state index in [0.29, 0.717) is 28.2 Å². The lowest BCUT2D eigenvalue weighted by Gasteiger charge is -2.39. The lowest BCUT2D eigenvalue weighted by molar-refractivity contribution is -0.0928. The van der Waals surface area contributed by atoms with E-state index < -0.39 is 38.7 Å². The SMILES string of the molecule is COc1ccc(C(OC[C@H]2O[C@@H](n3cnc4c(NC(=O)c5ccccc5)ncnc43)[C@H](O)[C@@H]2OP(OCCC#N)N(C(C)C)C(C)C)(c2ccccc2)c2ccc(OC)cc2)cc1. The van der Waals surface area contributed by atoms with Crippen LogP contribution in [0, 0.1) is 11.3 Å². The second kappa shape index (κ2) is 20.6. The van der Waals surface area contributed by atoms with Gasteiger partial charge in [-0.1, -0.05) is 72.8 Å². The summed E-state index contributed by atoms with van der Waals surface area (Å²) < 4.78 is 42.2. The van der Waals surface area contributed by atoms with Crippen molar-refractivity contribution in [3.05, 3.63) is 144 Å². The van der Waals surface area contributed by atoms with Crippen LogP contribution in [0.2, 0.25) is 0 Å². The maximum absolute atomic E-state index is 13.2. The fourth-order valence-corrected chi connectivity index (χ4v) is 9.57. The molecule has 15 nitrogen and oxygen atoms in total. The van der Waals surface area contributed by atoms with E-state index in [1.54, 1.807) is 43.1 Å². The van der Waals surface area contributed by atoms with Crippen molar-refractivity contribution in [2.45, 2.75) is 76.3 Å². The Balaban J connectivity index is 1.31. The molecular weight excluding hydrogens is 822 g/mol. The fraction of sp³-hybridized carbons (Fsp3) is 0.340. The molecule has 2 aromatic heterocycles. The van der Waals surface area contributed by atoms with Gasteiger partial charge in [-0.15, -0.1) is 0 Å². The molecular formula is C47H52N7O8P. The Morgan fingerprint density at radius 1 is 0.873 bits per heavy atom. The molecule has 1 aliphatic heterocycles. The highest BCUT2D eigenvalue weighted by Gasteiger charge is 2.50. The first-order valence-corrected chi connectivity index (χ1v) is 21.8. The predicted molar refractivity (Wildman–Crippen MR) is 238 cm³/mol. The normalized spacial score (nSPS) is 18.2. The Hall–Kier alpha value is -5.82. The number of methoxy groups -OCH3 is 2. The summed E-state index contributed by atoms with van der Waals surface area (Å²) in [7, 11) is 1.39. The van der Waals surface area contributed by atoms with Gasteiger partial charge < -0.3 is 38.4 Å². The number of amides is 1. The number of fused-ring (bicyclic) bond motifs is 1. The standard InChI is InChI=1S/C47H52N7O8P/c1-31(2)54(32(3)4)63(60-27-13-26-48)62-42-39(61-46(41(42)55)53-30-51-40-43(49-29-50-44(40)53)52-45(56)33-14-9-7-10-15-33)28-59-47(34-16-11-8-12-17-34,35-18-22-37(57-5)23-19-35)36-20-24-38(58-6)25-21-36/h7-12,14-25,29-32,39,41-42,46,55H,13,27-28H2,1-6H3,(H,49,50,52,56)/t39-,41-,42-,46-,63?/m1/s1. The van der Waals surface area contributed by atoms with Crippen LogP contribution in [0.1, 0.15) is 67.4 Å². The molecule has 0 aliphatic carbocycles. The van der Waals surface area contributed by atoms with Crippen molar-refractivity contribution in [3.63, 3.8) is 0 Å². The number of nitriles is 1. The molecule has 0 radical (unpaired) electrons. The molecule has 0 bridgehead atoms. The number of hydrogen-bond acceptors (Lipinski definition) is 13. The van der Waals surface area contributed by atoms with E-state index in [9.17, 15) is 15.2 Å². The van der Waals surface area contributed by atoms with E-state index in [1.807, 2.05) is 113 Å². The highest BCUT2D eigenvalue weighted by Crippen LogP contribution is 2.51. The van der Waals surface area contributed by atoms with Crippen molar-refractivity contribution in [2.75, 3.05) is 32.8 Å². The summed E-state index contributed by atoms with van der Waals surface area (Å²) >= 11 is 0. The number of aliphatic hydroxyl groups is 1. The summed E-state index contributed by atoms with van der Waals surface area (Å²) in [4.78, 5) is 26.6. The number of nitrogens with zero attached hydrogens (tertiary/aromatic N) is 6. The Bertz CT molecular complexity index is 2400. The summed E-state index contributed by atoms with van der Waals surface area (Å²) in [6, 6.07) is 36.2. The molecule has 328 valence electrons. The molecule has 6 aromatic rings. The molecule has 4 aromatic carbocycles. The topological polar surface area (TPSA) is 175 Å². The zero-order valence-electron chi connectivity index (χ0n) is 36.1. The van der Waals surface area contributed by atoms with Crippen LogP contribution < -0.4 is 14.8 Å². The van der Waals surface area contributed by atoms with Crippen LogP contribution in [0.3, 0.4) is 0 Å². The minimum Gasteiger partial charge on any atom is -0.497 e. The lowest BCUT2D eigenvalue weighted by Crippen LogP contribution is -2.42. The monoisotopic (exact) mass is 873 g/mol. The van der Waals surface area contributed by atoms with E-state index in [2.05, 4.69) is 31.0 Å². The molecule has 63 heavy (non-hydrogen) atoms. The first-order valence-electron chi connectivity index (χ1n) is 20.7. The number of anilines is 1. The second-order valence-electron chi connectivity index (χ2n) is 15.4. The number of nitrogens with one attached hydrogen (secondary N) is 1. The molecule has 7 rings (SSSR count). The van der Waals surface area contributed by atoms with Crippen molar-refractivity contribution in [2.24, 2.45) is 0 Å². The Labute approximate surface area is 368 Å². The number of benzene rings is 4. The van der Waals surface area contributed by atoms with Gasteiger partial charge in [0.05, 0.1) is 46.3 Å².